The summed E-state index contributed by atoms with van der Waals surface area (Å²) in [5, 5.41) is 14.8. The average Bonchev–Trinajstić information content (AvgIpc) is 2.72. The third-order valence-electron chi connectivity index (χ3n) is 4.12. The van der Waals surface area contributed by atoms with Gasteiger partial charge in [-0.2, -0.15) is 0 Å². The molecule has 21 heavy (non-hydrogen) atoms. The van der Waals surface area contributed by atoms with Crippen LogP contribution in [-0.2, 0) is 9.59 Å². The Hall–Kier alpha value is -1.88. The number of rotatable bonds is 2. The van der Waals surface area contributed by atoms with E-state index in [9.17, 15) is 0 Å². The first-order valence-electron chi connectivity index (χ1n) is 7.30. The summed E-state index contributed by atoms with van der Waals surface area (Å²) in [5.41, 5.74) is 3.28. The van der Waals surface area contributed by atoms with Gasteiger partial charge >= 0.3 is 11.9 Å². The van der Waals surface area contributed by atoms with Gasteiger partial charge in [0.05, 0.1) is 0 Å². The monoisotopic (exact) mass is 291 g/mol. The van der Waals surface area contributed by atoms with Crippen molar-refractivity contribution in [2.75, 3.05) is 19.6 Å². The fourth-order valence-electron chi connectivity index (χ4n) is 3.39. The molecule has 1 heterocycles. The minimum atomic E-state index is -1.82. The van der Waals surface area contributed by atoms with Gasteiger partial charge in [-0.3, -0.25) is 0 Å². The van der Waals surface area contributed by atoms with Crippen molar-refractivity contribution < 1.29 is 19.8 Å². The van der Waals surface area contributed by atoms with Gasteiger partial charge in [0.1, 0.15) is 0 Å². The lowest BCUT2D eigenvalue weighted by Gasteiger charge is -2.31. The lowest BCUT2D eigenvalue weighted by molar-refractivity contribution is -0.159. The zero-order valence-electron chi connectivity index (χ0n) is 12.2. The topological polar surface area (TPSA) is 77.8 Å². The molecule has 2 unspecified atom stereocenters. The highest BCUT2D eigenvalue weighted by atomic mass is 16.4. The Kier molecular flexibility index (Phi) is 4.96. The Labute approximate surface area is 124 Å². The van der Waals surface area contributed by atoms with Crippen LogP contribution in [0.3, 0.4) is 0 Å². The number of fused-ring (bicyclic) bond motifs is 5. The summed E-state index contributed by atoms with van der Waals surface area (Å²) in [6.07, 6.45) is 2.69. The molecule has 2 bridgehead atoms. The van der Waals surface area contributed by atoms with Gasteiger partial charge in [-0.15, -0.1) is 0 Å². The average molecular weight is 291 g/mol. The van der Waals surface area contributed by atoms with E-state index in [2.05, 4.69) is 36.1 Å². The SMILES string of the molecule is CCCN1CC2CC(C1)c1ccccc12.O=C(O)C(=O)O. The molecule has 5 heteroatoms. The first kappa shape index (κ1) is 15.5. The predicted molar refractivity (Wildman–Crippen MR) is 78.5 cm³/mol. The van der Waals surface area contributed by atoms with E-state index in [0.29, 0.717) is 0 Å². The zero-order chi connectivity index (χ0) is 15.4. The van der Waals surface area contributed by atoms with Crippen molar-refractivity contribution in [1.29, 1.82) is 0 Å². The minimum absolute atomic E-state index is 0.825. The van der Waals surface area contributed by atoms with E-state index in [1.54, 1.807) is 11.1 Å². The quantitative estimate of drug-likeness (QED) is 0.816. The standard InChI is InChI=1S/C14H19N.C2H2O4/c1-2-7-15-9-11-8-12(10-15)14-6-4-3-5-13(11)14;3-1(4)2(5)6/h3-6,11-12H,2,7-10H2,1H3;(H,3,4)(H,5,6). The van der Waals surface area contributed by atoms with Crippen LogP contribution in [0.15, 0.2) is 24.3 Å². The minimum Gasteiger partial charge on any atom is -0.473 e. The molecule has 1 aliphatic carbocycles. The van der Waals surface area contributed by atoms with E-state index in [0.717, 1.165) is 11.8 Å². The predicted octanol–water partition coefficient (Wildman–Crippen LogP) is 2.14. The molecule has 2 N–H and O–H groups in total. The van der Waals surface area contributed by atoms with Crippen LogP contribution in [0.1, 0.15) is 42.7 Å². The Bertz CT molecular complexity index is 486. The fraction of sp³-hybridized carbons (Fsp3) is 0.500. The molecule has 1 saturated heterocycles. The second-order valence-electron chi connectivity index (χ2n) is 5.63. The molecule has 1 aromatic carbocycles. The van der Waals surface area contributed by atoms with Gasteiger partial charge in [0, 0.05) is 13.1 Å². The van der Waals surface area contributed by atoms with E-state index in [-0.39, 0.29) is 0 Å². The van der Waals surface area contributed by atoms with E-state index >= 15 is 0 Å². The van der Waals surface area contributed by atoms with Gasteiger partial charge < -0.3 is 15.1 Å². The van der Waals surface area contributed by atoms with Gasteiger partial charge in [0.2, 0.25) is 0 Å². The van der Waals surface area contributed by atoms with Crippen LogP contribution in [0.5, 0.6) is 0 Å². The molecule has 114 valence electrons. The molecule has 1 aliphatic heterocycles. The number of aliphatic carboxylic acids is 2. The molecule has 2 atom stereocenters. The second kappa shape index (κ2) is 6.72. The number of hydrogen-bond donors (Lipinski definition) is 2. The molecule has 3 rings (SSSR count). The number of nitrogens with zero attached hydrogens (tertiary/aromatic N) is 1. The molecule has 0 saturated carbocycles. The highest BCUT2D eigenvalue weighted by molar-refractivity contribution is 6.27. The summed E-state index contributed by atoms with van der Waals surface area (Å²) >= 11 is 0. The van der Waals surface area contributed by atoms with Crippen molar-refractivity contribution in [3.05, 3.63) is 35.4 Å². The summed E-state index contributed by atoms with van der Waals surface area (Å²) in [5.74, 6) is -2.00. The van der Waals surface area contributed by atoms with Crippen molar-refractivity contribution in [2.45, 2.75) is 31.6 Å². The fourth-order valence-corrected chi connectivity index (χ4v) is 3.39. The lowest BCUT2D eigenvalue weighted by atomic mass is 9.96. The molecule has 2 aliphatic rings. The molecule has 0 amide bonds. The number of benzene rings is 1. The van der Waals surface area contributed by atoms with Crippen molar-refractivity contribution in [2.24, 2.45) is 0 Å². The lowest BCUT2D eigenvalue weighted by Crippen LogP contribution is -2.35. The van der Waals surface area contributed by atoms with Gasteiger partial charge in [0.15, 0.2) is 0 Å². The zero-order valence-corrected chi connectivity index (χ0v) is 12.2. The normalized spacial score (nSPS) is 22.9. The Morgan fingerprint density at radius 2 is 1.57 bits per heavy atom. The number of carboxylic acids is 2. The van der Waals surface area contributed by atoms with Crippen molar-refractivity contribution >= 4 is 11.9 Å². The molecular formula is C16H21NO4. The summed E-state index contributed by atoms with van der Waals surface area (Å²) < 4.78 is 0. The molecule has 0 spiro atoms. The first-order chi connectivity index (χ1) is 10.0. The molecule has 5 nitrogen and oxygen atoms in total. The van der Waals surface area contributed by atoms with Crippen molar-refractivity contribution in [3.63, 3.8) is 0 Å². The van der Waals surface area contributed by atoms with E-state index in [4.69, 9.17) is 19.8 Å². The Morgan fingerprint density at radius 1 is 1.10 bits per heavy atom. The van der Waals surface area contributed by atoms with Gasteiger partial charge in [-0.05, 0) is 42.3 Å². The number of piperidine rings is 1. The van der Waals surface area contributed by atoms with Crippen LogP contribution < -0.4 is 0 Å². The van der Waals surface area contributed by atoms with Crippen LogP contribution in [0.2, 0.25) is 0 Å². The maximum Gasteiger partial charge on any atom is 0.414 e. The van der Waals surface area contributed by atoms with Crippen LogP contribution in [0, 0.1) is 0 Å². The first-order valence-corrected chi connectivity index (χ1v) is 7.30. The highest BCUT2D eigenvalue weighted by Gasteiger charge is 2.36. The Morgan fingerprint density at radius 3 is 1.95 bits per heavy atom. The van der Waals surface area contributed by atoms with E-state index in [1.165, 1.54) is 32.5 Å². The summed E-state index contributed by atoms with van der Waals surface area (Å²) in [6.45, 7) is 6.15. The third kappa shape index (κ3) is 3.61. The summed E-state index contributed by atoms with van der Waals surface area (Å²) in [7, 11) is 0. The summed E-state index contributed by atoms with van der Waals surface area (Å²) in [6, 6.07) is 9.08. The highest BCUT2D eigenvalue weighted by Crippen LogP contribution is 2.45. The van der Waals surface area contributed by atoms with Crippen LogP contribution in [0.4, 0.5) is 0 Å². The molecule has 0 radical (unpaired) electrons. The largest absolute Gasteiger partial charge is 0.473 e. The number of hydrogen-bond acceptors (Lipinski definition) is 3. The van der Waals surface area contributed by atoms with Crippen molar-refractivity contribution in [1.82, 2.24) is 4.90 Å². The van der Waals surface area contributed by atoms with Crippen LogP contribution in [0.25, 0.3) is 0 Å². The number of carboxylic acid groups (broad SMARTS) is 2. The molecule has 0 aromatic heterocycles. The number of carbonyl (C=O) groups is 2. The van der Waals surface area contributed by atoms with Gasteiger partial charge in [-0.25, -0.2) is 9.59 Å². The summed E-state index contributed by atoms with van der Waals surface area (Å²) in [4.78, 5) is 20.9. The smallest absolute Gasteiger partial charge is 0.414 e. The third-order valence-corrected chi connectivity index (χ3v) is 4.12. The van der Waals surface area contributed by atoms with Gasteiger partial charge in [0.25, 0.3) is 0 Å². The van der Waals surface area contributed by atoms with Crippen LogP contribution in [-0.4, -0.2) is 46.7 Å². The Balaban J connectivity index is 0.000000232. The maximum absolute atomic E-state index is 9.10. The second-order valence-corrected chi connectivity index (χ2v) is 5.63. The molecular weight excluding hydrogens is 270 g/mol. The molecule has 1 aromatic rings. The molecule has 1 fully saturated rings. The van der Waals surface area contributed by atoms with E-state index < -0.39 is 11.9 Å². The van der Waals surface area contributed by atoms with Crippen LogP contribution >= 0.6 is 0 Å². The maximum atomic E-state index is 9.10. The number of likely N-dealkylation sites (tertiary alicyclic amines) is 1. The van der Waals surface area contributed by atoms with E-state index in [1.807, 2.05) is 0 Å². The van der Waals surface area contributed by atoms with Crippen molar-refractivity contribution in [3.8, 4) is 0 Å². The van der Waals surface area contributed by atoms with Gasteiger partial charge in [-0.1, -0.05) is 31.2 Å².